The van der Waals surface area contributed by atoms with E-state index >= 15 is 0 Å². The van der Waals surface area contributed by atoms with Gasteiger partial charge in [-0.15, -0.1) is 0 Å². The van der Waals surface area contributed by atoms with Gasteiger partial charge in [-0.25, -0.2) is 8.42 Å². The van der Waals surface area contributed by atoms with Crippen LogP contribution >= 0.6 is 34.8 Å². The summed E-state index contributed by atoms with van der Waals surface area (Å²) in [6.07, 6.45) is 0. The summed E-state index contributed by atoms with van der Waals surface area (Å²) in [6, 6.07) is 18.0. The number of nitrogens with zero attached hydrogens (tertiary/aromatic N) is 2. The lowest BCUT2D eigenvalue weighted by Crippen LogP contribution is -2.50. The number of carbonyl (C=O) groups is 2. The average molecular weight is 569 g/mol. The molecule has 0 saturated carbocycles. The number of anilines is 1. The molecule has 0 aliphatic rings. The topological polar surface area (TPSA) is 86.8 Å². The Kier molecular flexibility index (Phi) is 9.24. The van der Waals surface area contributed by atoms with Crippen LogP contribution in [0.5, 0.6) is 0 Å². The number of nitrogens with one attached hydrogen (secondary N) is 1. The number of hydrogen-bond acceptors (Lipinski definition) is 4. The predicted octanol–water partition coefficient (Wildman–Crippen LogP) is 5.01. The zero-order chi connectivity index (χ0) is 26.5. The summed E-state index contributed by atoms with van der Waals surface area (Å²) < 4.78 is 28.2. The fourth-order valence-electron chi connectivity index (χ4n) is 3.54. The molecule has 0 unspecified atom stereocenters. The molecular formula is C25H24Cl3N3O4S. The third-order valence-corrected chi connectivity index (χ3v) is 7.99. The van der Waals surface area contributed by atoms with Crippen molar-refractivity contribution < 1.29 is 18.0 Å². The average Bonchev–Trinajstić information content (AvgIpc) is 2.85. The normalized spacial score (nSPS) is 12.0. The third kappa shape index (κ3) is 6.50. The largest absolute Gasteiger partial charge is 0.357 e. The number of carbonyl (C=O) groups excluding carboxylic acids is 2. The Morgan fingerprint density at radius 2 is 1.58 bits per heavy atom. The Labute approximate surface area is 225 Å². The number of likely N-dealkylation sites (N-methyl/N-ethyl adjacent to an activating group) is 1. The Morgan fingerprint density at radius 3 is 2.19 bits per heavy atom. The summed E-state index contributed by atoms with van der Waals surface area (Å²) in [4.78, 5) is 27.4. The second-order valence-corrected chi connectivity index (χ2v) is 11.0. The molecule has 3 aromatic carbocycles. The Bertz CT molecular complexity index is 1350. The highest BCUT2D eigenvalue weighted by Gasteiger charge is 2.33. The molecule has 0 aliphatic carbocycles. The quantitative estimate of drug-likeness (QED) is 0.393. The molecule has 11 heteroatoms. The molecule has 0 aromatic heterocycles. The maximum Gasteiger partial charge on any atom is 0.264 e. The van der Waals surface area contributed by atoms with Crippen LogP contribution in [0.3, 0.4) is 0 Å². The van der Waals surface area contributed by atoms with Crippen LogP contribution in [0.15, 0.2) is 77.7 Å². The van der Waals surface area contributed by atoms with Crippen molar-refractivity contribution >= 4 is 62.3 Å². The zero-order valence-corrected chi connectivity index (χ0v) is 22.6. The molecule has 0 fully saturated rings. The van der Waals surface area contributed by atoms with Crippen molar-refractivity contribution in [1.29, 1.82) is 0 Å². The van der Waals surface area contributed by atoms with Crippen LogP contribution in [0.4, 0.5) is 5.69 Å². The highest BCUT2D eigenvalue weighted by atomic mass is 35.5. The Balaban J connectivity index is 2.06. The molecule has 3 rings (SSSR count). The van der Waals surface area contributed by atoms with Gasteiger partial charge in [-0.1, -0.05) is 65.1 Å². The Morgan fingerprint density at radius 1 is 0.917 bits per heavy atom. The third-order valence-electron chi connectivity index (χ3n) is 5.44. The second-order valence-electron chi connectivity index (χ2n) is 7.86. The van der Waals surface area contributed by atoms with E-state index in [2.05, 4.69) is 5.32 Å². The lowest BCUT2D eigenvalue weighted by molar-refractivity contribution is -0.139. The molecule has 7 nitrogen and oxygen atoms in total. The molecule has 1 N–H and O–H groups in total. The Hall–Kier alpha value is -2.78. The van der Waals surface area contributed by atoms with Gasteiger partial charge in [0.25, 0.3) is 10.0 Å². The van der Waals surface area contributed by atoms with E-state index in [0.717, 1.165) is 4.31 Å². The molecule has 36 heavy (non-hydrogen) atoms. The number of hydrogen-bond donors (Lipinski definition) is 1. The van der Waals surface area contributed by atoms with E-state index in [-0.39, 0.29) is 22.2 Å². The zero-order valence-electron chi connectivity index (χ0n) is 19.5. The summed E-state index contributed by atoms with van der Waals surface area (Å²) >= 11 is 18.5. The van der Waals surface area contributed by atoms with Crippen LogP contribution < -0.4 is 9.62 Å². The highest BCUT2D eigenvalue weighted by Crippen LogP contribution is 2.33. The summed E-state index contributed by atoms with van der Waals surface area (Å²) in [5.41, 5.74) is 0.752. The fraction of sp³-hybridized carbons (Fsp3) is 0.200. The van der Waals surface area contributed by atoms with Gasteiger partial charge < -0.3 is 10.2 Å². The molecule has 0 saturated heterocycles. The van der Waals surface area contributed by atoms with E-state index in [1.807, 2.05) is 0 Å². The molecule has 0 spiro atoms. The van der Waals surface area contributed by atoms with E-state index in [9.17, 15) is 18.0 Å². The number of amides is 2. The molecule has 3 aromatic rings. The van der Waals surface area contributed by atoms with Gasteiger partial charge in [0, 0.05) is 23.6 Å². The minimum absolute atomic E-state index is 0.0236. The smallest absolute Gasteiger partial charge is 0.264 e. The van der Waals surface area contributed by atoms with Gasteiger partial charge in [0.15, 0.2) is 0 Å². The van der Waals surface area contributed by atoms with Gasteiger partial charge in [0.1, 0.15) is 12.6 Å². The first-order valence-electron chi connectivity index (χ1n) is 10.8. The summed E-state index contributed by atoms with van der Waals surface area (Å²) in [5, 5.41) is 3.35. The minimum atomic E-state index is -4.21. The van der Waals surface area contributed by atoms with Crippen LogP contribution in [-0.4, -0.2) is 44.8 Å². The number of benzene rings is 3. The van der Waals surface area contributed by atoms with Gasteiger partial charge in [0.05, 0.1) is 15.6 Å². The maximum atomic E-state index is 13.7. The maximum absolute atomic E-state index is 13.7. The predicted molar refractivity (Wildman–Crippen MR) is 143 cm³/mol. The molecule has 190 valence electrons. The van der Waals surface area contributed by atoms with Crippen LogP contribution in [0.2, 0.25) is 15.1 Å². The molecule has 0 bridgehead atoms. The van der Waals surface area contributed by atoms with Gasteiger partial charge >= 0.3 is 0 Å². The summed E-state index contributed by atoms with van der Waals surface area (Å²) in [5.74, 6) is -1.02. The van der Waals surface area contributed by atoms with Crippen LogP contribution in [0.25, 0.3) is 0 Å². The number of sulfonamides is 1. The lowest BCUT2D eigenvalue weighted by Gasteiger charge is -2.32. The highest BCUT2D eigenvalue weighted by molar-refractivity contribution is 7.92. The second kappa shape index (κ2) is 12.0. The van der Waals surface area contributed by atoms with Gasteiger partial charge in [-0.3, -0.25) is 13.9 Å². The summed E-state index contributed by atoms with van der Waals surface area (Å²) in [6.45, 7) is 0.981. The van der Waals surface area contributed by atoms with Gasteiger partial charge in [0.2, 0.25) is 11.8 Å². The van der Waals surface area contributed by atoms with Gasteiger partial charge in [-0.2, -0.15) is 0 Å². The SMILES string of the molecule is CNC(=O)[C@H](C)N(Cc1cccc(Cl)c1)C(=O)CN(c1ccc(Cl)cc1Cl)S(=O)(=O)c1ccccc1. The van der Waals surface area contributed by atoms with Gasteiger partial charge in [-0.05, 0) is 55.0 Å². The van der Waals surface area contributed by atoms with Crippen molar-refractivity contribution in [3.05, 3.63) is 93.4 Å². The van der Waals surface area contributed by atoms with E-state index in [4.69, 9.17) is 34.8 Å². The summed E-state index contributed by atoms with van der Waals surface area (Å²) in [7, 11) is -2.75. The first kappa shape index (κ1) is 27.8. The standard InChI is InChI=1S/C25H24Cl3N3O4S/c1-17(25(33)29-2)30(15-18-7-6-8-19(26)13-18)24(32)16-31(23-12-11-20(27)14-22(23)28)36(34,35)21-9-4-3-5-10-21/h3-14,17H,15-16H2,1-2H3,(H,29,33)/t17-/m0/s1. The molecule has 2 amide bonds. The first-order valence-corrected chi connectivity index (χ1v) is 13.4. The van der Waals surface area contributed by atoms with Crippen LogP contribution in [-0.2, 0) is 26.2 Å². The monoisotopic (exact) mass is 567 g/mol. The van der Waals surface area contributed by atoms with E-state index in [0.29, 0.717) is 15.6 Å². The fourth-order valence-corrected chi connectivity index (χ4v) is 5.77. The van der Waals surface area contributed by atoms with Crippen molar-refractivity contribution in [2.24, 2.45) is 0 Å². The van der Waals surface area contributed by atoms with Crippen molar-refractivity contribution in [3.63, 3.8) is 0 Å². The van der Waals surface area contributed by atoms with Crippen molar-refractivity contribution in [1.82, 2.24) is 10.2 Å². The van der Waals surface area contributed by atoms with E-state index < -0.39 is 34.4 Å². The number of halogens is 3. The minimum Gasteiger partial charge on any atom is -0.357 e. The van der Waals surface area contributed by atoms with Crippen LogP contribution in [0, 0.1) is 0 Å². The number of rotatable bonds is 9. The van der Waals surface area contributed by atoms with Crippen molar-refractivity contribution in [2.75, 3.05) is 17.9 Å². The van der Waals surface area contributed by atoms with Crippen LogP contribution in [0.1, 0.15) is 12.5 Å². The molecule has 0 heterocycles. The molecule has 1 atom stereocenters. The molecule has 0 radical (unpaired) electrons. The van der Waals surface area contributed by atoms with E-state index in [1.165, 1.54) is 42.3 Å². The van der Waals surface area contributed by atoms with E-state index in [1.54, 1.807) is 49.4 Å². The van der Waals surface area contributed by atoms with Crippen molar-refractivity contribution in [2.45, 2.75) is 24.4 Å². The lowest BCUT2D eigenvalue weighted by atomic mass is 10.1. The van der Waals surface area contributed by atoms with Crippen molar-refractivity contribution in [3.8, 4) is 0 Å². The molecule has 0 aliphatic heterocycles. The first-order chi connectivity index (χ1) is 17.0. The molecular weight excluding hydrogens is 545 g/mol.